The summed E-state index contributed by atoms with van der Waals surface area (Å²) in [5, 5.41) is 11.9. The minimum absolute atomic E-state index is 0.326. The molecule has 2 amide bonds. The van der Waals surface area contributed by atoms with E-state index in [-0.39, 0.29) is 12.6 Å². The summed E-state index contributed by atoms with van der Waals surface area (Å²) in [7, 11) is 0. The summed E-state index contributed by atoms with van der Waals surface area (Å²) in [4.78, 5) is 27.5. The van der Waals surface area contributed by atoms with Crippen molar-refractivity contribution in [2.75, 3.05) is 39.3 Å². The van der Waals surface area contributed by atoms with Gasteiger partial charge in [0.1, 0.15) is 6.54 Å². The Morgan fingerprint density at radius 2 is 1.66 bits per heavy atom. The van der Waals surface area contributed by atoms with Crippen molar-refractivity contribution in [3.8, 4) is 0 Å². The summed E-state index contributed by atoms with van der Waals surface area (Å²) < 4.78 is 5.57. The predicted molar refractivity (Wildman–Crippen MR) is 123 cm³/mol. The quantitative estimate of drug-likeness (QED) is 0.497. The molecule has 0 atom stereocenters. The molecule has 32 heavy (non-hydrogen) atoms. The lowest BCUT2D eigenvalue weighted by Crippen LogP contribution is -2.44. The number of nitrogens with one attached hydrogen (secondary N) is 1. The van der Waals surface area contributed by atoms with Crippen LogP contribution in [0.1, 0.15) is 29.5 Å². The van der Waals surface area contributed by atoms with Gasteiger partial charge < -0.3 is 20.1 Å². The van der Waals surface area contributed by atoms with Gasteiger partial charge in [-0.25, -0.2) is 4.79 Å². The summed E-state index contributed by atoms with van der Waals surface area (Å²) in [6, 6.07) is 17.8. The van der Waals surface area contributed by atoms with E-state index in [9.17, 15) is 14.7 Å². The molecule has 0 radical (unpaired) electrons. The smallest absolute Gasteiger partial charge is 0.323 e. The molecule has 1 fully saturated rings. The van der Waals surface area contributed by atoms with Crippen LogP contribution in [0.2, 0.25) is 0 Å². The Morgan fingerprint density at radius 1 is 0.969 bits per heavy atom. The minimum atomic E-state index is -1.03. The molecule has 1 aliphatic heterocycles. The third-order valence-corrected chi connectivity index (χ3v) is 5.55. The second kappa shape index (κ2) is 12.8. The number of urea groups is 1. The molecular formula is C25H33N3O4. The van der Waals surface area contributed by atoms with Crippen molar-refractivity contribution >= 4 is 12.0 Å². The number of carbonyl (C=O) groups is 2. The third kappa shape index (κ3) is 8.32. The highest BCUT2D eigenvalue weighted by Crippen LogP contribution is 2.14. The maximum atomic E-state index is 12.5. The van der Waals surface area contributed by atoms with Crippen molar-refractivity contribution in [1.29, 1.82) is 0 Å². The van der Waals surface area contributed by atoms with Crippen molar-refractivity contribution in [2.45, 2.75) is 32.4 Å². The Morgan fingerprint density at radius 3 is 2.34 bits per heavy atom. The molecule has 0 bridgehead atoms. The van der Waals surface area contributed by atoms with Crippen LogP contribution in [0, 0.1) is 0 Å². The number of hydrogen-bond acceptors (Lipinski definition) is 4. The van der Waals surface area contributed by atoms with Crippen molar-refractivity contribution in [1.82, 2.24) is 15.1 Å². The Hall–Kier alpha value is -2.90. The zero-order valence-corrected chi connectivity index (χ0v) is 18.5. The topological polar surface area (TPSA) is 82.1 Å². The second-order valence-corrected chi connectivity index (χ2v) is 8.14. The zero-order chi connectivity index (χ0) is 22.6. The number of carboxylic acid groups (broad SMARTS) is 1. The van der Waals surface area contributed by atoms with Crippen LogP contribution in [0.4, 0.5) is 4.79 Å². The van der Waals surface area contributed by atoms with Gasteiger partial charge in [-0.1, -0.05) is 54.6 Å². The van der Waals surface area contributed by atoms with Crippen molar-refractivity contribution < 1.29 is 19.4 Å². The average Bonchev–Trinajstić information content (AvgIpc) is 3.31. The van der Waals surface area contributed by atoms with E-state index in [0.717, 1.165) is 30.8 Å². The van der Waals surface area contributed by atoms with Gasteiger partial charge in [0.25, 0.3) is 0 Å². The normalized spacial score (nSPS) is 13.8. The number of carbonyl (C=O) groups excluding carboxylic acids is 1. The van der Waals surface area contributed by atoms with Gasteiger partial charge in [-0.2, -0.15) is 0 Å². The van der Waals surface area contributed by atoms with Gasteiger partial charge in [0, 0.05) is 19.6 Å². The van der Waals surface area contributed by atoms with Crippen LogP contribution in [-0.2, 0) is 29.1 Å². The van der Waals surface area contributed by atoms with Gasteiger partial charge in [-0.15, -0.1) is 0 Å². The van der Waals surface area contributed by atoms with E-state index < -0.39 is 5.97 Å². The van der Waals surface area contributed by atoms with Crippen LogP contribution >= 0.6 is 0 Å². The number of benzene rings is 2. The van der Waals surface area contributed by atoms with E-state index in [1.807, 2.05) is 30.3 Å². The van der Waals surface area contributed by atoms with Crippen LogP contribution in [-0.4, -0.2) is 66.2 Å². The first-order chi connectivity index (χ1) is 15.6. The minimum Gasteiger partial charge on any atom is -0.480 e. The van der Waals surface area contributed by atoms with E-state index >= 15 is 0 Å². The van der Waals surface area contributed by atoms with Gasteiger partial charge in [-0.05, 0) is 49.0 Å². The predicted octanol–water partition coefficient (Wildman–Crippen LogP) is 3.14. The van der Waals surface area contributed by atoms with Crippen molar-refractivity contribution in [2.24, 2.45) is 0 Å². The molecule has 0 unspecified atom stereocenters. The highest BCUT2D eigenvalue weighted by molar-refractivity contribution is 5.80. The summed E-state index contributed by atoms with van der Waals surface area (Å²) >= 11 is 0. The third-order valence-electron chi connectivity index (χ3n) is 5.55. The van der Waals surface area contributed by atoms with Crippen LogP contribution in [0.5, 0.6) is 0 Å². The molecule has 7 heteroatoms. The molecular weight excluding hydrogens is 406 g/mol. The van der Waals surface area contributed by atoms with E-state index in [1.54, 1.807) is 0 Å². The molecule has 0 aromatic heterocycles. The molecule has 2 N–H and O–H groups in total. The van der Waals surface area contributed by atoms with Gasteiger partial charge in [-0.3, -0.25) is 9.69 Å². The summed E-state index contributed by atoms with van der Waals surface area (Å²) in [6.45, 7) is 4.48. The molecule has 1 aliphatic rings. The second-order valence-electron chi connectivity index (χ2n) is 8.14. The lowest BCUT2D eigenvalue weighted by atomic mass is 10.1. The summed E-state index contributed by atoms with van der Waals surface area (Å²) in [5.41, 5.74) is 3.44. The number of rotatable bonds is 12. The molecule has 1 saturated heterocycles. The summed E-state index contributed by atoms with van der Waals surface area (Å²) in [5.74, 6) is -1.03. The molecule has 0 spiro atoms. The monoisotopic (exact) mass is 439 g/mol. The number of aliphatic carboxylic acids is 1. The van der Waals surface area contributed by atoms with Crippen molar-refractivity contribution in [3.63, 3.8) is 0 Å². The van der Waals surface area contributed by atoms with E-state index in [1.165, 1.54) is 23.3 Å². The molecule has 3 rings (SSSR count). The largest absolute Gasteiger partial charge is 0.480 e. The van der Waals surface area contributed by atoms with Gasteiger partial charge in [0.15, 0.2) is 0 Å². The maximum absolute atomic E-state index is 12.5. The van der Waals surface area contributed by atoms with E-state index in [0.29, 0.717) is 32.7 Å². The first-order valence-corrected chi connectivity index (χ1v) is 11.3. The summed E-state index contributed by atoms with van der Waals surface area (Å²) in [6.07, 6.45) is 3.16. The number of amides is 2. The van der Waals surface area contributed by atoms with Gasteiger partial charge in [0.2, 0.25) is 0 Å². The van der Waals surface area contributed by atoms with E-state index in [2.05, 4.69) is 34.5 Å². The lowest BCUT2D eigenvalue weighted by Gasteiger charge is -2.21. The average molecular weight is 440 g/mol. The fourth-order valence-electron chi connectivity index (χ4n) is 3.80. The van der Waals surface area contributed by atoms with Gasteiger partial charge >= 0.3 is 12.0 Å². The Balaban J connectivity index is 1.40. The van der Waals surface area contributed by atoms with Crippen molar-refractivity contribution in [3.05, 3.63) is 71.3 Å². The lowest BCUT2D eigenvalue weighted by molar-refractivity contribution is -0.137. The maximum Gasteiger partial charge on any atom is 0.323 e. The number of hydrogen-bond donors (Lipinski definition) is 2. The first kappa shape index (κ1) is 23.8. The van der Waals surface area contributed by atoms with Crippen LogP contribution in [0.25, 0.3) is 0 Å². The van der Waals surface area contributed by atoms with Crippen LogP contribution in [0.3, 0.4) is 0 Å². The van der Waals surface area contributed by atoms with Crippen LogP contribution < -0.4 is 5.32 Å². The standard InChI is InChI=1S/C25H33N3O4/c29-24(30)19-28(25(31)26-13-17-32-20-23-6-2-1-3-7-23)16-12-21-8-10-22(11-9-21)18-27-14-4-5-15-27/h1-3,6-11H,4-5,12-20H2,(H,26,31)(H,29,30). The Labute approximate surface area is 190 Å². The Bertz CT molecular complexity index is 836. The molecule has 2 aromatic carbocycles. The molecule has 172 valence electrons. The number of nitrogens with zero attached hydrogens (tertiary/aromatic N) is 2. The number of carboxylic acids is 1. The molecule has 7 nitrogen and oxygen atoms in total. The molecule has 2 aromatic rings. The highest BCUT2D eigenvalue weighted by Gasteiger charge is 2.16. The fourth-order valence-corrected chi connectivity index (χ4v) is 3.80. The van der Waals surface area contributed by atoms with Gasteiger partial charge in [0.05, 0.1) is 13.2 Å². The molecule has 1 heterocycles. The SMILES string of the molecule is O=C(O)CN(CCc1ccc(CN2CCCC2)cc1)C(=O)NCCOCc1ccccc1. The number of likely N-dealkylation sites (tertiary alicyclic amines) is 1. The Kier molecular flexibility index (Phi) is 9.53. The molecule has 0 saturated carbocycles. The number of ether oxygens (including phenoxy) is 1. The first-order valence-electron chi connectivity index (χ1n) is 11.3. The van der Waals surface area contributed by atoms with Crippen LogP contribution in [0.15, 0.2) is 54.6 Å². The highest BCUT2D eigenvalue weighted by atomic mass is 16.5. The molecule has 0 aliphatic carbocycles. The van der Waals surface area contributed by atoms with E-state index in [4.69, 9.17) is 4.74 Å². The zero-order valence-electron chi connectivity index (χ0n) is 18.5. The fraction of sp³-hybridized carbons (Fsp3) is 0.440.